The number of nitrogens with zero attached hydrogens (tertiary/aromatic N) is 2. The Balaban J connectivity index is 2.26. The van der Waals surface area contributed by atoms with E-state index in [-0.39, 0.29) is 6.04 Å². The highest BCUT2D eigenvalue weighted by atomic mass is 127. The Hall–Kier alpha value is -0.100. The molecule has 1 atom stereocenters. The molecule has 0 aliphatic carbocycles. The normalized spacial score (nSPS) is 28.2. The van der Waals surface area contributed by atoms with Gasteiger partial charge in [0, 0.05) is 0 Å². The summed E-state index contributed by atoms with van der Waals surface area (Å²) in [6.07, 6.45) is 2.99. The molecular weight excluding hydrogens is 276 g/mol. The monoisotopic (exact) mass is 281 g/mol. The molecule has 0 radical (unpaired) electrons. The number of nitrogens with one attached hydrogen (secondary N) is 1. The van der Waals surface area contributed by atoms with Gasteiger partial charge in [-0.3, -0.25) is 0 Å². The minimum atomic E-state index is 0.140. The molecule has 0 aromatic heterocycles. The highest BCUT2D eigenvalue weighted by Crippen LogP contribution is 2.19. The van der Waals surface area contributed by atoms with Crippen LogP contribution in [-0.4, -0.2) is 17.2 Å². The molecule has 2 rings (SSSR count). The average Bonchev–Trinajstić information content (AvgIpc) is 2.27. The predicted octanol–water partition coefficient (Wildman–Crippen LogP) is 1.63. The minimum absolute atomic E-state index is 0.140. The van der Waals surface area contributed by atoms with Crippen LogP contribution < -0.4 is 5.32 Å². The van der Waals surface area contributed by atoms with E-state index < -0.39 is 0 Å². The van der Waals surface area contributed by atoms with Gasteiger partial charge in [-0.15, -0.1) is 0 Å². The van der Waals surface area contributed by atoms with Gasteiger partial charge in [0.25, 0.3) is 0 Å². The van der Waals surface area contributed by atoms with E-state index in [2.05, 4.69) is 44.0 Å². The van der Waals surface area contributed by atoms with Crippen molar-refractivity contribution in [2.24, 2.45) is 9.98 Å². The first-order valence-corrected chi connectivity index (χ1v) is 4.66. The first-order chi connectivity index (χ1) is 5.25. The first-order valence-electron chi connectivity index (χ1n) is 3.20. The summed E-state index contributed by atoms with van der Waals surface area (Å²) in [6, 6.07) is 0.140. The number of hydrogen-bond donors (Lipinski definition) is 1. The molecule has 0 bridgehead atoms. The van der Waals surface area contributed by atoms with E-state index in [1.807, 2.05) is 0 Å². The molecule has 0 fully saturated rings. The molecule has 2 heterocycles. The Morgan fingerprint density at radius 1 is 1.73 bits per heavy atom. The fourth-order valence-electron chi connectivity index (χ4n) is 1.06. The summed E-state index contributed by atoms with van der Waals surface area (Å²) >= 11 is 7.85. The van der Waals surface area contributed by atoms with Gasteiger partial charge in [0.1, 0.15) is 11.9 Å². The number of hydrogen-bond acceptors (Lipinski definition) is 3. The largest absolute Gasteiger partial charge is 0.337 e. The SMILES string of the molecule is ClC1=NC2CC=C(I)NC2=N1. The van der Waals surface area contributed by atoms with Gasteiger partial charge in [0.05, 0.1) is 3.70 Å². The first kappa shape index (κ1) is 7.54. The van der Waals surface area contributed by atoms with E-state index in [0.29, 0.717) is 5.29 Å². The van der Waals surface area contributed by atoms with Gasteiger partial charge in [0.2, 0.25) is 5.29 Å². The van der Waals surface area contributed by atoms with Gasteiger partial charge in [-0.05, 0) is 40.6 Å². The van der Waals surface area contributed by atoms with Crippen molar-refractivity contribution in [2.75, 3.05) is 0 Å². The molecule has 1 unspecified atom stereocenters. The highest BCUT2D eigenvalue weighted by Gasteiger charge is 2.24. The van der Waals surface area contributed by atoms with Crippen LogP contribution in [0.3, 0.4) is 0 Å². The predicted molar refractivity (Wildman–Crippen MR) is 54.4 cm³/mol. The number of aliphatic imine (C=N–C) groups is 2. The smallest absolute Gasteiger partial charge is 0.220 e. The Bertz CT molecular complexity index is 282. The van der Waals surface area contributed by atoms with Gasteiger partial charge < -0.3 is 5.32 Å². The van der Waals surface area contributed by atoms with Crippen LogP contribution in [0.5, 0.6) is 0 Å². The third-order valence-corrected chi connectivity index (χ3v) is 2.45. The van der Waals surface area contributed by atoms with Crippen LogP contribution in [0.4, 0.5) is 0 Å². The van der Waals surface area contributed by atoms with E-state index in [0.717, 1.165) is 16.0 Å². The second-order valence-electron chi connectivity index (χ2n) is 2.32. The van der Waals surface area contributed by atoms with Gasteiger partial charge in [-0.2, -0.15) is 0 Å². The number of fused-ring (bicyclic) bond motifs is 1. The Morgan fingerprint density at radius 2 is 2.55 bits per heavy atom. The van der Waals surface area contributed by atoms with Crippen molar-refractivity contribution in [2.45, 2.75) is 12.5 Å². The Labute approximate surface area is 82.8 Å². The highest BCUT2D eigenvalue weighted by molar-refractivity contribution is 14.1. The van der Waals surface area contributed by atoms with Crippen LogP contribution in [0.1, 0.15) is 6.42 Å². The second kappa shape index (κ2) is 2.75. The summed E-state index contributed by atoms with van der Waals surface area (Å²) < 4.78 is 1.10. The molecule has 5 heteroatoms. The molecule has 58 valence electrons. The lowest BCUT2D eigenvalue weighted by Crippen LogP contribution is -2.32. The fourth-order valence-corrected chi connectivity index (χ4v) is 1.80. The molecule has 3 nitrogen and oxygen atoms in total. The summed E-state index contributed by atoms with van der Waals surface area (Å²) in [5.74, 6) is 0.877. The van der Waals surface area contributed by atoms with Crippen molar-refractivity contribution in [3.63, 3.8) is 0 Å². The summed E-state index contributed by atoms with van der Waals surface area (Å²) in [5, 5.41) is 3.47. The maximum absolute atomic E-state index is 5.63. The third-order valence-electron chi connectivity index (χ3n) is 1.56. The average molecular weight is 281 g/mol. The van der Waals surface area contributed by atoms with Gasteiger partial charge in [-0.25, -0.2) is 9.98 Å². The molecule has 11 heavy (non-hydrogen) atoms. The summed E-state index contributed by atoms with van der Waals surface area (Å²) in [4.78, 5) is 8.15. The van der Waals surface area contributed by atoms with Crippen LogP contribution in [0.25, 0.3) is 0 Å². The van der Waals surface area contributed by atoms with E-state index in [1.54, 1.807) is 0 Å². The summed E-state index contributed by atoms with van der Waals surface area (Å²) in [7, 11) is 0. The maximum Gasteiger partial charge on any atom is 0.220 e. The Morgan fingerprint density at radius 3 is 3.36 bits per heavy atom. The van der Waals surface area contributed by atoms with Crippen molar-refractivity contribution in [1.82, 2.24) is 5.32 Å². The van der Waals surface area contributed by atoms with Crippen molar-refractivity contribution >= 4 is 45.3 Å². The zero-order chi connectivity index (χ0) is 7.84. The van der Waals surface area contributed by atoms with Crippen LogP contribution in [0, 0.1) is 0 Å². The third kappa shape index (κ3) is 1.41. The molecule has 0 saturated heterocycles. The van der Waals surface area contributed by atoms with Crippen LogP contribution >= 0.6 is 34.2 Å². The van der Waals surface area contributed by atoms with E-state index in [4.69, 9.17) is 11.6 Å². The van der Waals surface area contributed by atoms with Gasteiger partial charge >= 0.3 is 0 Å². The van der Waals surface area contributed by atoms with Crippen LogP contribution in [0.2, 0.25) is 0 Å². The van der Waals surface area contributed by atoms with Gasteiger partial charge in [0.15, 0.2) is 0 Å². The molecule has 0 amide bonds. The topological polar surface area (TPSA) is 36.8 Å². The number of halogens is 2. The lowest BCUT2D eigenvalue weighted by atomic mass is 10.1. The van der Waals surface area contributed by atoms with E-state index in [1.165, 1.54) is 0 Å². The zero-order valence-electron chi connectivity index (χ0n) is 5.51. The maximum atomic E-state index is 5.63. The molecule has 0 saturated carbocycles. The lowest BCUT2D eigenvalue weighted by molar-refractivity contribution is 0.840. The quantitative estimate of drug-likeness (QED) is 0.532. The molecular formula is C6H5ClIN3. The zero-order valence-corrected chi connectivity index (χ0v) is 8.43. The molecule has 0 aromatic rings. The molecule has 0 aromatic carbocycles. The summed E-state index contributed by atoms with van der Waals surface area (Å²) in [6.45, 7) is 0. The van der Waals surface area contributed by atoms with Crippen molar-refractivity contribution < 1.29 is 0 Å². The summed E-state index contributed by atoms with van der Waals surface area (Å²) in [5.41, 5.74) is 0. The number of amidine groups is 2. The van der Waals surface area contributed by atoms with Crippen molar-refractivity contribution in [3.05, 3.63) is 9.78 Å². The Kier molecular flexibility index (Phi) is 1.88. The fraction of sp³-hybridized carbons (Fsp3) is 0.333. The minimum Gasteiger partial charge on any atom is -0.337 e. The van der Waals surface area contributed by atoms with E-state index in [9.17, 15) is 0 Å². The molecule has 2 aliphatic rings. The molecule has 1 N–H and O–H groups in total. The van der Waals surface area contributed by atoms with Crippen molar-refractivity contribution in [1.29, 1.82) is 0 Å². The van der Waals surface area contributed by atoms with Crippen molar-refractivity contribution in [3.8, 4) is 0 Å². The van der Waals surface area contributed by atoms with Gasteiger partial charge in [-0.1, -0.05) is 6.08 Å². The van der Waals surface area contributed by atoms with Crippen LogP contribution in [-0.2, 0) is 0 Å². The van der Waals surface area contributed by atoms with E-state index >= 15 is 0 Å². The number of rotatable bonds is 0. The molecule has 0 spiro atoms. The van der Waals surface area contributed by atoms with Crippen LogP contribution in [0.15, 0.2) is 19.8 Å². The standard InChI is InChI=1S/C6H5ClIN3/c7-6-9-3-1-2-4(8)10-5(3)11-6/h2-3H,1H2,(H,9,10,11). The lowest BCUT2D eigenvalue weighted by Gasteiger charge is -2.15. The molecule has 2 aliphatic heterocycles. The second-order valence-corrected chi connectivity index (χ2v) is 3.82.